The summed E-state index contributed by atoms with van der Waals surface area (Å²) in [5.74, 6) is -3.61. The summed E-state index contributed by atoms with van der Waals surface area (Å²) in [6.45, 7) is 2.14. The van der Waals surface area contributed by atoms with E-state index in [0.717, 1.165) is 31.2 Å². The Morgan fingerprint density at radius 2 is 1.43 bits per heavy atom. The van der Waals surface area contributed by atoms with E-state index in [1.54, 1.807) is 30.3 Å². The highest BCUT2D eigenvalue weighted by Crippen LogP contribution is 2.29. The molecule has 0 aromatic heterocycles. The van der Waals surface area contributed by atoms with E-state index in [1.807, 2.05) is 12.1 Å². The van der Waals surface area contributed by atoms with Crippen molar-refractivity contribution in [3.8, 4) is 33.8 Å². The monoisotopic (exact) mass is 504 g/mol. The molecular weight excluding hydrogens is 477 g/mol. The number of esters is 1. The predicted octanol–water partition coefficient (Wildman–Crippen LogP) is 8.40. The van der Waals surface area contributed by atoms with Crippen LogP contribution in [0.25, 0.3) is 22.3 Å². The van der Waals surface area contributed by atoms with Crippen LogP contribution in [0, 0.1) is 17.5 Å². The van der Waals surface area contributed by atoms with Gasteiger partial charge in [0, 0.05) is 5.56 Å². The molecule has 0 unspecified atom stereocenters. The maximum absolute atomic E-state index is 14.9. The standard InChI is InChI=1S/C31H27F3O3/c1-3-4-5-6-20-7-9-22(10-8-20)25-16-17-26(30(34)29(25)33)31(35)37-24-14-11-21(12-15-24)23-13-18-28(36-2)27(32)19-23/h7-19H,3-6H2,1-2H3. The number of carbonyl (C=O) groups is 1. The minimum Gasteiger partial charge on any atom is -0.494 e. The maximum atomic E-state index is 14.9. The summed E-state index contributed by atoms with van der Waals surface area (Å²) in [5.41, 5.74) is 2.53. The van der Waals surface area contributed by atoms with Crippen molar-refractivity contribution in [3.63, 3.8) is 0 Å². The molecule has 0 saturated carbocycles. The second kappa shape index (κ2) is 11.8. The Balaban J connectivity index is 1.47. The van der Waals surface area contributed by atoms with Crippen LogP contribution in [0.15, 0.2) is 78.9 Å². The Hall–Kier alpha value is -4.06. The van der Waals surface area contributed by atoms with Crippen LogP contribution in [0.1, 0.15) is 42.1 Å². The van der Waals surface area contributed by atoms with Gasteiger partial charge in [-0.3, -0.25) is 0 Å². The van der Waals surface area contributed by atoms with E-state index in [9.17, 15) is 18.0 Å². The summed E-state index contributed by atoms with van der Waals surface area (Å²) < 4.78 is 53.9. The molecule has 0 amide bonds. The Labute approximate surface area is 214 Å². The SMILES string of the molecule is CCCCCc1ccc(-c2ccc(C(=O)Oc3ccc(-c4ccc(OC)c(F)c4)cc3)c(F)c2F)cc1. The second-order valence-corrected chi connectivity index (χ2v) is 8.71. The van der Waals surface area contributed by atoms with E-state index in [0.29, 0.717) is 16.7 Å². The first kappa shape index (κ1) is 26.0. The number of unbranched alkanes of at least 4 members (excludes halogenated alkanes) is 2. The first-order valence-corrected chi connectivity index (χ1v) is 12.1. The second-order valence-electron chi connectivity index (χ2n) is 8.71. The van der Waals surface area contributed by atoms with Gasteiger partial charge in [-0.15, -0.1) is 0 Å². The van der Waals surface area contributed by atoms with Crippen LogP contribution in [0.3, 0.4) is 0 Å². The molecule has 0 spiro atoms. The fourth-order valence-corrected chi connectivity index (χ4v) is 4.08. The van der Waals surface area contributed by atoms with Gasteiger partial charge in [-0.25, -0.2) is 18.0 Å². The quantitative estimate of drug-likeness (QED) is 0.130. The van der Waals surface area contributed by atoms with E-state index < -0.39 is 29.0 Å². The van der Waals surface area contributed by atoms with Crippen molar-refractivity contribution in [1.29, 1.82) is 0 Å². The molecule has 0 heterocycles. The minimum absolute atomic E-state index is 0.0743. The van der Waals surface area contributed by atoms with Gasteiger partial charge >= 0.3 is 5.97 Å². The van der Waals surface area contributed by atoms with E-state index in [-0.39, 0.29) is 17.1 Å². The summed E-state index contributed by atoms with van der Waals surface area (Å²) in [6, 6.07) is 20.8. The molecule has 0 saturated heterocycles. The van der Waals surface area contributed by atoms with Gasteiger partial charge in [-0.05, 0) is 65.4 Å². The Morgan fingerprint density at radius 3 is 2.08 bits per heavy atom. The smallest absolute Gasteiger partial charge is 0.346 e. The van der Waals surface area contributed by atoms with Crippen molar-refractivity contribution in [3.05, 3.63) is 107 Å². The van der Waals surface area contributed by atoms with Crippen molar-refractivity contribution in [2.24, 2.45) is 0 Å². The number of benzene rings is 4. The molecule has 0 radical (unpaired) electrons. The van der Waals surface area contributed by atoms with Crippen LogP contribution in [-0.4, -0.2) is 13.1 Å². The molecule has 4 rings (SSSR count). The number of carbonyl (C=O) groups excluding carboxylic acids is 1. The van der Waals surface area contributed by atoms with E-state index >= 15 is 0 Å². The molecule has 0 N–H and O–H groups in total. The third-order valence-electron chi connectivity index (χ3n) is 6.19. The fraction of sp³-hybridized carbons (Fsp3) is 0.194. The first-order valence-electron chi connectivity index (χ1n) is 12.1. The number of hydrogen-bond acceptors (Lipinski definition) is 3. The predicted molar refractivity (Wildman–Crippen MR) is 138 cm³/mol. The van der Waals surface area contributed by atoms with Crippen LogP contribution in [0.2, 0.25) is 0 Å². The summed E-state index contributed by atoms with van der Waals surface area (Å²) in [5, 5.41) is 0. The summed E-state index contributed by atoms with van der Waals surface area (Å²) in [4.78, 5) is 12.6. The molecule has 4 aromatic rings. The van der Waals surface area contributed by atoms with E-state index in [4.69, 9.17) is 9.47 Å². The zero-order valence-corrected chi connectivity index (χ0v) is 20.7. The molecule has 0 aliphatic rings. The van der Waals surface area contributed by atoms with Gasteiger partial charge in [-0.2, -0.15) is 0 Å². The molecule has 0 aliphatic heterocycles. The highest BCUT2D eigenvalue weighted by Gasteiger charge is 2.21. The van der Waals surface area contributed by atoms with Crippen molar-refractivity contribution in [2.45, 2.75) is 32.6 Å². The van der Waals surface area contributed by atoms with Crippen molar-refractivity contribution in [2.75, 3.05) is 7.11 Å². The molecule has 0 aliphatic carbocycles. The molecule has 3 nitrogen and oxygen atoms in total. The maximum Gasteiger partial charge on any atom is 0.346 e. The van der Waals surface area contributed by atoms with Crippen molar-refractivity contribution < 1.29 is 27.4 Å². The fourth-order valence-electron chi connectivity index (χ4n) is 4.08. The number of rotatable bonds is 9. The Morgan fingerprint density at radius 1 is 0.757 bits per heavy atom. The van der Waals surface area contributed by atoms with Gasteiger partial charge in [0.05, 0.1) is 12.7 Å². The van der Waals surface area contributed by atoms with Crippen molar-refractivity contribution >= 4 is 5.97 Å². The molecule has 37 heavy (non-hydrogen) atoms. The third-order valence-corrected chi connectivity index (χ3v) is 6.19. The highest BCUT2D eigenvalue weighted by molar-refractivity contribution is 5.92. The molecule has 4 aromatic carbocycles. The van der Waals surface area contributed by atoms with Crippen LogP contribution in [0.4, 0.5) is 13.2 Å². The van der Waals surface area contributed by atoms with Crippen LogP contribution >= 0.6 is 0 Å². The van der Waals surface area contributed by atoms with Gasteiger partial charge in [0.2, 0.25) is 0 Å². The molecule has 0 bridgehead atoms. The zero-order valence-electron chi connectivity index (χ0n) is 20.7. The topological polar surface area (TPSA) is 35.5 Å². The lowest BCUT2D eigenvalue weighted by atomic mass is 9.99. The summed E-state index contributed by atoms with van der Waals surface area (Å²) in [6.07, 6.45) is 4.30. The molecule has 0 atom stereocenters. The molecular formula is C31H27F3O3. The van der Waals surface area contributed by atoms with Gasteiger partial charge < -0.3 is 9.47 Å². The number of halogens is 3. The number of methoxy groups -OCH3 is 1. The minimum atomic E-state index is -1.26. The number of ether oxygens (including phenoxy) is 2. The average molecular weight is 505 g/mol. The van der Waals surface area contributed by atoms with Crippen molar-refractivity contribution in [1.82, 2.24) is 0 Å². The normalized spacial score (nSPS) is 10.8. The highest BCUT2D eigenvalue weighted by atomic mass is 19.2. The molecule has 190 valence electrons. The van der Waals surface area contributed by atoms with Crippen LogP contribution < -0.4 is 9.47 Å². The lowest BCUT2D eigenvalue weighted by Crippen LogP contribution is -2.12. The lowest BCUT2D eigenvalue weighted by Gasteiger charge is -2.10. The Kier molecular flexibility index (Phi) is 8.29. The molecule has 6 heteroatoms. The van der Waals surface area contributed by atoms with E-state index in [2.05, 4.69) is 6.92 Å². The summed E-state index contributed by atoms with van der Waals surface area (Å²) in [7, 11) is 1.38. The van der Waals surface area contributed by atoms with E-state index in [1.165, 1.54) is 43.5 Å². The number of hydrogen-bond donors (Lipinski definition) is 0. The first-order chi connectivity index (χ1) is 17.9. The van der Waals surface area contributed by atoms with Gasteiger partial charge in [0.15, 0.2) is 23.2 Å². The van der Waals surface area contributed by atoms with Gasteiger partial charge in [-0.1, -0.05) is 68.3 Å². The number of aryl methyl sites for hydroxylation is 1. The van der Waals surface area contributed by atoms with Gasteiger partial charge in [0.25, 0.3) is 0 Å². The summed E-state index contributed by atoms with van der Waals surface area (Å²) >= 11 is 0. The van der Waals surface area contributed by atoms with Gasteiger partial charge in [0.1, 0.15) is 5.75 Å². The van der Waals surface area contributed by atoms with Crippen LogP contribution in [-0.2, 0) is 6.42 Å². The lowest BCUT2D eigenvalue weighted by molar-refractivity contribution is 0.0728. The van der Waals surface area contributed by atoms with Crippen LogP contribution in [0.5, 0.6) is 11.5 Å². The third kappa shape index (κ3) is 6.02. The Bertz CT molecular complexity index is 1380. The molecule has 0 fully saturated rings. The average Bonchev–Trinajstić information content (AvgIpc) is 2.91. The zero-order chi connectivity index (χ0) is 26.4. The largest absolute Gasteiger partial charge is 0.494 e.